The summed E-state index contributed by atoms with van der Waals surface area (Å²) in [5.74, 6) is -0.105. The van der Waals surface area contributed by atoms with Gasteiger partial charge in [0.15, 0.2) is 0 Å². The number of hydrogen-bond donors (Lipinski definition) is 1. The summed E-state index contributed by atoms with van der Waals surface area (Å²) in [5, 5.41) is 11.3. The SMILES string of the molecule is CC(C)(c1ccccc1)c1ccc(OCc2nc(CC(=O)O)cs2)cc1. The van der Waals surface area contributed by atoms with Crippen molar-refractivity contribution in [2.24, 2.45) is 0 Å². The first kappa shape index (κ1) is 18.1. The largest absolute Gasteiger partial charge is 0.486 e. The second-order valence-corrected chi connectivity index (χ2v) is 7.55. The third kappa shape index (κ3) is 4.29. The minimum absolute atomic E-state index is 0.0558. The predicted molar refractivity (Wildman–Crippen MR) is 103 cm³/mol. The van der Waals surface area contributed by atoms with Crippen LogP contribution in [-0.4, -0.2) is 16.1 Å². The molecule has 26 heavy (non-hydrogen) atoms. The van der Waals surface area contributed by atoms with Crippen LogP contribution < -0.4 is 4.74 Å². The molecule has 0 radical (unpaired) electrons. The van der Waals surface area contributed by atoms with Crippen LogP contribution in [0.5, 0.6) is 5.75 Å². The maximum Gasteiger partial charge on any atom is 0.309 e. The number of carboxylic acids is 1. The molecule has 0 fully saturated rings. The summed E-state index contributed by atoms with van der Waals surface area (Å²) in [6, 6.07) is 18.5. The monoisotopic (exact) mass is 367 g/mol. The highest BCUT2D eigenvalue weighted by atomic mass is 32.1. The standard InChI is InChI=1S/C21H21NO3S/c1-21(2,15-6-4-3-5-7-15)16-8-10-18(11-9-16)25-13-19-22-17(14-26-19)12-20(23)24/h3-11,14H,12-13H2,1-2H3,(H,23,24). The number of benzene rings is 2. The van der Waals surface area contributed by atoms with Gasteiger partial charge in [-0.25, -0.2) is 4.98 Å². The van der Waals surface area contributed by atoms with Crippen molar-refractivity contribution in [1.29, 1.82) is 0 Å². The van der Waals surface area contributed by atoms with Crippen LogP contribution in [0, 0.1) is 0 Å². The van der Waals surface area contributed by atoms with Crippen molar-refractivity contribution in [2.45, 2.75) is 32.3 Å². The Balaban J connectivity index is 1.64. The summed E-state index contributed by atoms with van der Waals surface area (Å²) in [6.07, 6.45) is -0.0558. The summed E-state index contributed by atoms with van der Waals surface area (Å²) in [4.78, 5) is 15.0. The lowest BCUT2D eigenvalue weighted by molar-refractivity contribution is -0.136. The molecule has 5 heteroatoms. The highest BCUT2D eigenvalue weighted by Gasteiger charge is 2.22. The molecule has 0 unspecified atom stereocenters. The molecule has 4 nitrogen and oxygen atoms in total. The smallest absolute Gasteiger partial charge is 0.309 e. The summed E-state index contributed by atoms with van der Waals surface area (Å²) in [7, 11) is 0. The Hall–Kier alpha value is -2.66. The molecular weight excluding hydrogens is 346 g/mol. The van der Waals surface area contributed by atoms with E-state index >= 15 is 0 Å². The van der Waals surface area contributed by atoms with Gasteiger partial charge in [-0.15, -0.1) is 11.3 Å². The minimum Gasteiger partial charge on any atom is -0.486 e. The van der Waals surface area contributed by atoms with E-state index in [1.807, 2.05) is 18.2 Å². The van der Waals surface area contributed by atoms with E-state index in [4.69, 9.17) is 9.84 Å². The number of carboxylic acid groups (broad SMARTS) is 1. The van der Waals surface area contributed by atoms with Gasteiger partial charge >= 0.3 is 5.97 Å². The maximum atomic E-state index is 10.7. The second-order valence-electron chi connectivity index (χ2n) is 6.61. The normalized spacial score (nSPS) is 11.3. The van der Waals surface area contributed by atoms with Gasteiger partial charge < -0.3 is 9.84 Å². The number of aromatic nitrogens is 1. The van der Waals surface area contributed by atoms with Crippen LogP contribution in [0.2, 0.25) is 0 Å². The Bertz CT molecular complexity index is 870. The first-order chi connectivity index (χ1) is 12.4. The molecule has 0 aliphatic carbocycles. The van der Waals surface area contributed by atoms with Crippen molar-refractivity contribution in [3.63, 3.8) is 0 Å². The Morgan fingerprint density at radius 2 is 1.73 bits per heavy atom. The number of aliphatic carboxylic acids is 1. The zero-order valence-electron chi connectivity index (χ0n) is 14.8. The average Bonchev–Trinajstić information content (AvgIpc) is 3.08. The van der Waals surface area contributed by atoms with Gasteiger partial charge in [0.2, 0.25) is 0 Å². The zero-order valence-corrected chi connectivity index (χ0v) is 15.6. The highest BCUT2D eigenvalue weighted by Crippen LogP contribution is 2.32. The highest BCUT2D eigenvalue weighted by molar-refractivity contribution is 7.09. The van der Waals surface area contributed by atoms with Gasteiger partial charge in [-0.2, -0.15) is 0 Å². The average molecular weight is 367 g/mol. The molecule has 0 bridgehead atoms. The molecule has 1 N–H and O–H groups in total. The van der Waals surface area contributed by atoms with Gasteiger partial charge in [0, 0.05) is 10.8 Å². The van der Waals surface area contributed by atoms with E-state index in [9.17, 15) is 4.79 Å². The van der Waals surface area contributed by atoms with Crippen molar-refractivity contribution < 1.29 is 14.6 Å². The Kier molecular flexibility index (Phi) is 5.38. The van der Waals surface area contributed by atoms with E-state index in [-0.39, 0.29) is 11.8 Å². The molecule has 0 saturated heterocycles. The summed E-state index contributed by atoms with van der Waals surface area (Å²) < 4.78 is 5.78. The van der Waals surface area contributed by atoms with Crippen LogP contribution in [0.4, 0.5) is 0 Å². The van der Waals surface area contributed by atoms with Gasteiger partial charge in [0.25, 0.3) is 0 Å². The number of hydrogen-bond acceptors (Lipinski definition) is 4. The molecule has 0 saturated carbocycles. The molecule has 0 amide bonds. The number of rotatable bonds is 7. The molecule has 134 valence electrons. The predicted octanol–water partition coefficient (Wildman–Crippen LogP) is 4.68. The molecule has 2 aromatic carbocycles. The third-order valence-electron chi connectivity index (χ3n) is 4.37. The molecule has 0 aliphatic rings. The zero-order chi connectivity index (χ0) is 18.6. The Morgan fingerprint density at radius 3 is 2.38 bits per heavy atom. The topological polar surface area (TPSA) is 59.4 Å². The number of carbonyl (C=O) groups is 1. The van der Waals surface area contributed by atoms with Crippen LogP contribution in [0.3, 0.4) is 0 Å². The van der Waals surface area contributed by atoms with Gasteiger partial charge in [0.05, 0.1) is 12.1 Å². The van der Waals surface area contributed by atoms with E-state index in [0.717, 1.165) is 10.8 Å². The number of ether oxygens (including phenoxy) is 1. The van der Waals surface area contributed by atoms with E-state index in [1.165, 1.54) is 22.5 Å². The Morgan fingerprint density at radius 1 is 1.08 bits per heavy atom. The molecule has 3 rings (SSSR count). The molecule has 0 spiro atoms. The molecule has 1 heterocycles. The number of nitrogens with zero attached hydrogens (tertiary/aromatic N) is 1. The fourth-order valence-corrected chi connectivity index (χ4v) is 3.49. The van der Waals surface area contributed by atoms with E-state index < -0.39 is 5.97 Å². The van der Waals surface area contributed by atoms with E-state index in [1.54, 1.807) is 5.38 Å². The minimum atomic E-state index is -0.876. The van der Waals surface area contributed by atoms with Crippen molar-refractivity contribution >= 4 is 17.3 Å². The third-order valence-corrected chi connectivity index (χ3v) is 5.24. The first-order valence-electron chi connectivity index (χ1n) is 8.39. The van der Waals surface area contributed by atoms with Gasteiger partial charge in [-0.1, -0.05) is 56.3 Å². The van der Waals surface area contributed by atoms with Crippen LogP contribution >= 0.6 is 11.3 Å². The fourth-order valence-electron chi connectivity index (χ4n) is 2.79. The lowest BCUT2D eigenvalue weighted by Gasteiger charge is -2.26. The second kappa shape index (κ2) is 7.70. The van der Waals surface area contributed by atoms with Crippen molar-refractivity contribution in [3.05, 3.63) is 81.8 Å². The van der Waals surface area contributed by atoms with Gasteiger partial charge in [-0.3, -0.25) is 4.79 Å². The molecule has 0 aliphatic heterocycles. The van der Waals surface area contributed by atoms with Crippen LogP contribution in [0.15, 0.2) is 60.0 Å². The maximum absolute atomic E-state index is 10.7. The quantitative estimate of drug-likeness (QED) is 0.659. The lowest BCUT2D eigenvalue weighted by Crippen LogP contribution is -2.18. The van der Waals surface area contributed by atoms with Crippen molar-refractivity contribution in [2.75, 3.05) is 0 Å². The van der Waals surface area contributed by atoms with Crippen molar-refractivity contribution in [3.8, 4) is 5.75 Å². The molecule has 3 aromatic rings. The molecular formula is C21H21NO3S. The Labute approximate surface area is 157 Å². The fraction of sp³-hybridized carbons (Fsp3) is 0.238. The number of thiazole rings is 1. The van der Waals surface area contributed by atoms with Crippen LogP contribution in [0.25, 0.3) is 0 Å². The van der Waals surface area contributed by atoms with Gasteiger partial charge in [0.1, 0.15) is 17.4 Å². The van der Waals surface area contributed by atoms with Crippen LogP contribution in [0.1, 0.15) is 35.7 Å². The summed E-state index contributed by atoms with van der Waals surface area (Å²) in [5.41, 5.74) is 2.97. The molecule has 1 aromatic heterocycles. The summed E-state index contributed by atoms with van der Waals surface area (Å²) >= 11 is 1.42. The molecule has 0 atom stereocenters. The lowest BCUT2D eigenvalue weighted by atomic mass is 9.78. The van der Waals surface area contributed by atoms with E-state index in [0.29, 0.717) is 12.3 Å². The summed E-state index contributed by atoms with van der Waals surface area (Å²) in [6.45, 7) is 4.75. The van der Waals surface area contributed by atoms with E-state index in [2.05, 4.69) is 55.2 Å². The van der Waals surface area contributed by atoms with Gasteiger partial charge in [-0.05, 0) is 23.3 Å². The van der Waals surface area contributed by atoms with Crippen molar-refractivity contribution in [1.82, 2.24) is 4.98 Å². The van der Waals surface area contributed by atoms with Crippen LogP contribution in [-0.2, 0) is 23.2 Å². The first-order valence-corrected chi connectivity index (χ1v) is 9.27.